The maximum atomic E-state index is 12.0. The molecule has 0 spiro atoms. The maximum Gasteiger partial charge on any atom is 0.258 e. The predicted octanol–water partition coefficient (Wildman–Crippen LogP) is 1.11. The van der Waals surface area contributed by atoms with Gasteiger partial charge in [0.05, 0.1) is 5.69 Å². The van der Waals surface area contributed by atoms with Crippen molar-refractivity contribution in [3.63, 3.8) is 0 Å². The molecule has 0 bridgehead atoms. The van der Waals surface area contributed by atoms with Gasteiger partial charge >= 0.3 is 0 Å². The summed E-state index contributed by atoms with van der Waals surface area (Å²) in [5.74, 6) is 0. The quantitative estimate of drug-likeness (QED) is 0.887. The van der Waals surface area contributed by atoms with Crippen LogP contribution in [0.15, 0.2) is 35.3 Å². The van der Waals surface area contributed by atoms with Crippen LogP contribution >= 0.6 is 0 Å². The minimum atomic E-state index is -0.0444. The molecule has 0 saturated heterocycles. The lowest BCUT2D eigenvalue weighted by atomic mass is 9.93. The number of hydrogen-bond acceptors (Lipinski definition) is 4. The summed E-state index contributed by atoms with van der Waals surface area (Å²) in [6.45, 7) is 6.40. The third-order valence-corrected chi connectivity index (χ3v) is 3.31. The van der Waals surface area contributed by atoms with Gasteiger partial charge in [-0.05, 0) is 31.1 Å². The van der Waals surface area contributed by atoms with Crippen LogP contribution in [0.4, 0.5) is 0 Å². The van der Waals surface area contributed by atoms with E-state index in [4.69, 9.17) is 5.73 Å². The van der Waals surface area contributed by atoms with Crippen molar-refractivity contribution in [2.24, 2.45) is 11.1 Å². The van der Waals surface area contributed by atoms with Gasteiger partial charge in [-0.25, -0.2) is 4.98 Å². The monoisotopic (exact) mass is 274 g/mol. The van der Waals surface area contributed by atoms with Gasteiger partial charge in [0.1, 0.15) is 5.65 Å². The molecule has 20 heavy (non-hydrogen) atoms. The predicted molar refractivity (Wildman–Crippen MR) is 80.6 cm³/mol. The van der Waals surface area contributed by atoms with Crippen LogP contribution in [0.1, 0.15) is 19.5 Å². The van der Waals surface area contributed by atoms with E-state index in [1.165, 1.54) is 0 Å². The highest BCUT2D eigenvalue weighted by Crippen LogP contribution is 2.15. The van der Waals surface area contributed by atoms with Crippen LogP contribution in [0.2, 0.25) is 0 Å². The molecule has 0 amide bonds. The number of fused-ring (bicyclic) bond motifs is 1. The van der Waals surface area contributed by atoms with Gasteiger partial charge in [0.2, 0.25) is 0 Å². The number of nitrogens with two attached hydrogens (primary N) is 1. The largest absolute Gasteiger partial charge is 0.330 e. The Hall–Kier alpha value is -1.72. The summed E-state index contributed by atoms with van der Waals surface area (Å²) in [6, 6.07) is 7.14. The third-order valence-electron chi connectivity index (χ3n) is 3.31. The zero-order valence-corrected chi connectivity index (χ0v) is 12.3. The molecule has 0 aromatic carbocycles. The molecule has 0 atom stereocenters. The Kier molecular flexibility index (Phi) is 4.20. The van der Waals surface area contributed by atoms with Crippen molar-refractivity contribution >= 4 is 5.65 Å². The second kappa shape index (κ2) is 5.73. The Labute approximate surface area is 119 Å². The van der Waals surface area contributed by atoms with Gasteiger partial charge < -0.3 is 5.73 Å². The third kappa shape index (κ3) is 3.43. The van der Waals surface area contributed by atoms with Crippen LogP contribution in [-0.4, -0.2) is 34.4 Å². The Balaban J connectivity index is 2.20. The van der Waals surface area contributed by atoms with Crippen molar-refractivity contribution in [1.29, 1.82) is 0 Å². The highest BCUT2D eigenvalue weighted by atomic mass is 16.1. The molecule has 5 heteroatoms. The molecule has 5 nitrogen and oxygen atoms in total. The van der Waals surface area contributed by atoms with Gasteiger partial charge in [0.25, 0.3) is 5.56 Å². The smallest absolute Gasteiger partial charge is 0.258 e. The van der Waals surface area contributed by atoms with E-state index in [1.807, 2.05) is 25.2 Å². The van der Waals surface area contributed by atoms with Crippen LogP contribution in [0.3, 0.4) is 0 Å². The van der Waals surface area contributed by atoms with E-state index in [2.05, 4.69) is 23.7 Å². The molecule has 2 aromatic rings. The molecular weight excluding hydrogens is 252 g/mol. The minimum absolute atomic E-state index is 0.0444. The molecule has 2 N–H and O–H groups in total. The standard InChI is InChI=1S/C15H22N4O/c1-15(2,10-16)11-18(3)9-12-8-14(20)19-7-5-4-6-13(19)17-12/h4-8H,9-11,16H2,1-3H3. The average Bonchev–Trinajstić information content (AvgIpc) is 2.38. The molecule has 0 fully saturated rings. The first-order chi connectivity index (χ1) is 9.41. The average molecular weight is 274 g/mol. The molecule has 0 saturated carbocycles. The van der Waals surface area contributed by atoms with Crippen LogP contribution in [0, 0.1) is 5.41 Å². The SMILES string of the molecule is CN(Cc1cc(=O)n2ccccc2n1)CC(C)(C)CN. The number of rotatable bonds is 5. The Morgan fingerprint density at radius 2 is 2.15 bits per heavy atom. The fourth-order valence-electron chi connectivity index (χ4n) is 2.31. The van der Waals surface area contributed by atoms with Gasteiger partial charge in [-0.3, -0.25) is 14.1 Å². The number of hydrogen-bond donors (Lipinski definition) is 1. The lowest BCUT2D eigenvalue weighted by molar-refractivity contribution is 0.208. The number of nitrogens with zero attached hydrogens (tertiary/aromatic N) is 3. The normalized spacial score (nSPS) is 12.2. The molecule has 0 radical (unpaired) electrons. The summed E-state index contributed by atoms with van der Waals surface area (Å²) < 4.78 is 1.55. The van der Waals surface area contributed by atoms with Crippen LogP contribution in [-0.2, 0) is 6.54 Å². The van der Waals surface area contributed by atoms with E-state index < -0.39 is 0 Å². The summed E-state index contributed by atoms with van der Waals surface area (Å²) in [7, 11) is 2.02. The van der Waals surface area contributed by atoms with Crippen molar-refractivity contribution in [2.75, 3.05) is 20.1 Å². The van der Waals surface area contributed by atoms with Crippen LogP contribution in [0.25, 0.3) is 5.65 Å². The van der Waals surface area contributed by atoms with Gasteiger partial charge in [-0.15, -0.1) is 0 Å². The fourth-order valence-corrected chi connectivity index (χ4v) is 2.31. The van der Waals surface area contributed by atoms with Gasteiger partial charge in [-0.2, -0.15) is 0 Å². The molecule has 2 rings (SSSR count). The number of aromatic nitrogens is 2. The summed E-state index contributed by atoms with van der Waals surface area (Å²) in [5, 5.41) is 0. The highest BCUT2D eigenvalue weighted by Gasteiger charge is 2.18. The Bertz CT molecular complexity index is 648. The van der Waals surface area contributed by atoms with Crippen LogP contribution in [0.5, 0.6) is 0 Å². The summed E-state index contributed by atoms with van der Waals surface area (Å²) in [5.41, 5.74) is 7.23. The Morgan fingerprint density at radius 3 is 2.85 bits per heavy atom. The van der Waals surface area contributed by atoms with Gasteiger partial charge in [0, 0.05) is 25.4 Å². The van der Waals surface area contributed by atoms with Crippen molar-refractivity contribution in [3.8, 4) is 0 Å². The molecule has 2 aromatic heterocycles. The lowest BCUT2D eigenvalue weighted by Crippen LogP contribution is -2.36. The lowest BCUT2D eigenvalue weighted by Gasteiger charge is -2.28. The topological polar surface area (TPSA) is 63.6 Å². The summed E-state index contributed by atoms with van der Waals surface area (Å²) in [6.07, 6.45) is 1.73. The minimum Gasteiger partial charge on any atom is -0.330 e. The van der Waals surface area contributed by atoms with E-state index in [9.17, 15) is 4.79 Å². The molecule has 0 unspecified atom stereocenters. The van der Waals surface area contributed by atoms with Crippen molar-refractivity contribution in [1.82, 2.24) is 14.3 Å². The Morgan fingerprint density at radius 1 is 1.40 bits per heavy atom. The molecular formula is C15H22N4O. The maximum absolute atomic E-state index is 12.0. The van der Waals surface area contributed by atoms with E-state index in [0.29, 0.717) is 18.7 Å². The molecule has 2 heterocycles. The van der Waals surface area contributed by atoms with E-state index in [0.717, 1.165) is 12.2 Å². The van der Waals surface area contributed by atoms with Gasteiger partial charge in [0.15, 0.2) is 0 Å². The second-order valence-corrected chi connectivity index (χ2v) is 6.06. The van der Waals surface area contributed by atoms with E-state index in [1.54, 1.807) is 16.7 Å². The first-order valence-electron chi connectivity index (χ1n) is 6.77. The number of pyridine rings is 1. The highest BCUT2D eigenvalue weighted by molar-refractivity contribution is 5.37. The van der Waals surface area contributed by atoms with E-state index in [-0.39, 0.29) is 11.0 Å². The first kappa shape index (κ1) is 14.7. The van der Waals surface area contributed by atoms with Gasteiger partial charge in [-0.1, -0.05) is 19.9 Å². The molecule has 0 aliphatic heterocycles. The fraction of sp³-hybridized carbons (Fsp3) is 0.467. The first-order valence-corrected chi connectivity index (χ1v) is 6.77. The summed E-state index contributed by atoms with van der Waals surface area (Å²) in [4.78, 5) is 18.7. The van der Waals surface area contributed by atoms with Crippen molar-refractivity contribution in [2.45, 2.75) is 20.4 Å². The van der Waals surface area contributed by atoms with E-state index >= 15 is 0 Å². The summed E-state index contributed by atoms with van der Waals surface area (Å²) >= 11 is 0. The second-order valence-electron chi connectivity index (χ2n) is 6.06. The molecule has 108 valence electrons. The molecule has 0 aliphatic carbocycles. The van der Waals surface area contributed by atoms with Crippen molar-refractivity contribution in [3.05, 3.63) is 46.5 Å². The zero-order valence-electron chi connectivity index (χ0n) is 12.3. The van der Waals surface area contributed by atoms with Crippen molar-refractivity contribution < 1.29 is 0 Å². The van der Waals surface area contributed by atoms with Crippen LogP contribution < -0.4 is 11.3 Å². The molecule has 0 aliphatic rings. The zero-order chi connectivity index (χ0) is 14.8.